The molecule has 0 bridgehead atoms. The van der Waals surface area contributed by atoms with Gasteiger partial charge in [-0.25, -0.2) is 0 Å². The summed E-state index contributed by atoms with van der Waals surface area (Å²) in [5.74, 6) is 1.05. The van der Waals surface area contributed by atoms with Gasteiger partial charge in [0.15, 0.2) is 0 Å². The summed E-state index contributed by atoms with van der Waals surface area (Å²) in [6.45, 7) is 10.0. The Morgan fingerprint density at radius 2 is 2.00 bits per heavy atom. The summed E-state index contributed by atoms with van der Waals surface area (Å²) in [6.07, 6.45) is 5.08. The molecular formula is C14H28N2O. The van der Waals surface area contributed by atoms with Crippen LogP contribution in [0.1, 0.15) is 53.4 Å². The van der Waals surface area contributed by atoms with E-state index >= 15 is 0 Å². The molecule has 0 spiro atoms. The minimum atomic E-state index is -0.0369. The minimum Gasteiger partial charge on any atom is -0.342 e. The Kier molecular flexibility index (Phi) is 5.96. The number of nitrogens with one attached hydrogen (secondary N) is 1. The van der Waals surface area contributed by atoms with E-state index in [1.54, 1.807) is 0 Å². The van der Waals surface area contributed by atoms with Crippen molar-refractivity contribution in [3.05, 3.63) is 0 Å². The van der Waals surface area contributed by atoms with Crippen LogP contribution in [0.5, 0.6) is 0 Å². The molecule has 1 N–H and O–H groups in total. The van der Waals surface area contributed by atoms with E-state index in [1.165, 1.54) is 25.7 Å². The van der Waals surface area contributed by atoms with E-state index in [1.807, 2.05) is 25.7 Å². The van der Waals surface area contributed by atoms with Gasteiger partial charge in [-0.3, -0.25) is 4.79 Å². The van der Waals surface area contributed by atoms with E-state index in [2.05, 4.69) is 12.2 Å². The van der Waals surface area contributed by atoms with Crippen molar-refractivity contribution in [2.45, 2.75) is 65.5 Å². The quantitative estimate of drug-likeness (QED) is 0.800. The third kappa shape index (κ3) is 4.30. The number of carbonyl (C=O) groups is 1. The summed E-state index contributed by atoms with van der Waals surface area (Å²) in [5, 5.41) is 3.51. The largest absolute Gasteiger partial charge is 0.342 e. The average molecular weight is 240 g/mol. The molecule has 3 atom stereocenters. The zero-order valence-corrected chi connectivity index (χ0v) is 11.8. The summed E-state index contributed by atoms with van der Waals surface area (Å²) in [5.41, 5.74) is 0. The zero-order valence-electron chi connectivity index (χ0n) is 11.8. The molecule has 3 heteroatoms. The Balaban J connectivity index is 2.42. The number of nitrogens with zero attached hydrogens (tertiary/aromatic N) is 1. The highest BCUT2D eigenvalue weighted by atomic mass is 16.2. The van der Waals surface area contributed by atoms with Gasteiger partial charge in [0.1, 0.15) is 0 Å². The number of hydrogen-bond acceptors (Lipinski definition) is 2. The number of likely N-dealkylation sites (N-methyl/N-ethyl adjacent to an activating group) is 1. The highest BCUT2D eigenvalue weighted by Gasteiger charge is 2.24. The van der Waals surface area contributed by atoms with Crippen molar-refractivity contribution in [2.75, 3.05) is 13.1 Å². The molecule has 0 aromatic carbocycles. The lowest BCUT2D eigenvalue weighted by Crippen LogP contribution is -2.49. The van der Waals surface area contributed by atoms with Crippen LogP contribution < -0.4 is 5.32 Å². The molecule has 0 saturated heterocycles. The number of hydrogen-bond donors (Lipinski definition) is 1. The van der Waals surface area contributed by atoms with Crippen molar-refractivity contribution in [3.8, 4) is 0 Å². The first-order valence-corrected chi connectivity index (χ1v) is 7.13. The van der Waals surface area contributed by atoms with Crippen LogP contribution in [-0.2, 0) is 4.79 Å². The van der Waals surface area contributed by atoms with Gasteiger partial charge in [0, 0.05) is 19.1 Å². The van der Waals surface area contributed by atoms with Gasteiger partial charge < -0.3 is 10.2 Å². The summed E-state index contributed by atoms with van der Waals surface area (Å²) in [7, 11) is 0. The van der Waals surface area contributed by atoms with Crippen molar-refractivity contribution in [1.82, 2.24) is 10.2 Å². The number of amides is 1. The number of carbonyl (C=O) groups excluding carboxylic acids is 1. The summed E-state index contributed by atoms with van der Waals surface area (Å²) in [6, 6.07) is 0.499. The first-order valence-electron chi connectivity index (χ1n) is 7.13. The predicted octanol–water partition coefficient (Wildman–Crippen LogP) is 2.41. The maximum Gasteiger partial charge on any atom is 0.239 e. The molecule has 3 unspecified atom stereocenters. The molecule has 0 aliphatic heterocycles. The first-order chi connectivity index (χ1) is 8.08. The lowest BCUT2D eigenvalue weighted by atomic mass is 9.87. The first kappa shape index (κ1) is 14.5. The van der Waals surface area contributed by atoms with E-state index in [0.29, 0.717) is 6.04 Å². The van der Waals surface area contributed by atoms with Gasteiger partial charge in [-0.1, -0.05) is 19.8 Å². The maximum absolute atomic E-state index is 12.1. The van der Waals surface area contributed by atoms with Crippen molar-refractivity contribution >= 4 is 5.91 Å². The Bertz CT molecular complexity index is 238. The van der Waals surface area contributed by atoms with Gasteiger partial charge in [-0.2, -0.15) is 0 Å². The van der Waals surface area contributed by atoms with Crippen LogP contribution in [0.15, 0.2) is 0 Å². The third-order valence-corrected chi connectivity index (χ3v) is 3.87. The van der Waals surface area contributed by atoms with Crippen LogP contribution in [0.2, 0.25) is 0 Å². The molecule has 17 heavy (non-hydrogen) atoms. The fourth-order valence-electron chi connectivity index (χ4n) is 2.82. The highest BCUT2D eigenvalue weighted by molar-refractivity contribution is 5.81. The second kappa shape index (κ2) is 7.00. The van der Waals surface area contributed by atoms with Crippen LogP contribution in [0.4, 0.5) is 0 Å². The number of rotatable bonds is 5. The van der Waals surface area contributed by atoms with Crippen molar-refractivity contribution < 1.29 is 4.79 Å². The van der Waals surface area contributed by atoms with Crippen molar-refractivity contribution in [1.29, 1.82) is 0 Å². The monoisotopic (exact) mass is 240 g/mol. The highest BCUT2D eigenvalue weighted by Crippen LogP contribution is 2.23. The molecule has 1 fully saturated rings. The smallest absolute Gasteiger partial charge is 0.239 e. The van der Waals surface area contributed by atoms with E-state index in [-0.39, 0.29) is 11.9 Å². The van der Waals surface area contributed by atoms with Crippen LogP contribution in [-0.4, -0.2) is 36.0 Å². The van der Waals surface area contributed by atoms with Crippen LogP contribution in [0, 0.1) is 5.92 Å². The average Bonchev–Trinajstić information content (AvgIpc) is 2.30. The molecule has 1 amide bonds. The molecular weight excluding hydrogens is 212 g/mol. The molecule has 100 valence electrons. The Morgan fingerprint density at radius 1 is 1.35 bits per heavy atom. The van der Waals surface area contributed by atoms with Gasteiger partial charge in [-0.15, -0.1) is 0 Å². The molecule has 3 nitrogen and oxygen atoms in total. The van der Waals surface area contributed by atoms with E-state index in [4.69, 9.17) is 0 Å². The normalized spacial score (nSPS) is 26.6. The van der Waals surface area contributed by atoms with E-state index in [9.17, 15) is 4.79 Å². The summed E-state index contributed by atoms with van der Waals surface area (Å²) >= 11 is 0. The molecule has 1 aliphatic carbocycles. The van der Waals surface area contributed by atoms with Crippen molar-refractivity contribution in [2.24, 2.45) is 5.92 Å². The molecule has 0 heterocycles. The SMILES string of the molecule is CCN(CC)C(=O)C(C)NC1CCCC(C)C1. The molecule has 0 aromatic heterocycles. The Labute approximate surface area is 106 Å². The van der Waals surface area contributed by atoms with Gasteiger partial charge in [0.25, 0.3) is 0 Å². The third-order valence-electron chi connectivity index (χ3n) is 3.87. The summed E-state index contributed by atoms with van der Waals surface area (Å²) in [4.78, 5) is 14.0. The Hall–Kier alpha value is -0.570. The lowest BCUT2D eigenvalue weighted by molar-refractivity contribution is -0.132. The van der Waals surface area contributed by atoms with Crippen LogP contribution >= 0.6 is 0 Å². The summed E-state index contributed by atoms with van der Waals surface area (Å²) < 4.78 is 0. The van der Waals surface area contributed by atoms with Gasteiger partial charge in [0.2, 0.25) is 5.91 Å². The molecule has 1 saturated carbocycles. The Morgan fingerprint density at radius 3 is 2.53 bits per heavy atom. The standard InChI is InChI=1S/C14H28N2O/c1-5-16(6-2)14(17)12(4)15-13-9-7-8-11(3)10-13/h11-13,15H,5-10H2,1-4H3. The van der Waals surface area contributed by atoms with Gasteiger partial charge in [0.05, 0.1) is 6.04 Å². The topological polar surface area (TPSA) is 32.3 Å². The predicted molar refractivity (Wildman–Crippen MR) is 71.9 cm³/mol. The second-order valence-electron chi connectivity index (χ2n) is 5.37. The second-order valence-corrected chi connectivity index (χ2v) is 5.37. The molecule has 1 rings (SSSR count). The molecule has 0 radical (unpaired) electrons. The van der Waals surface area contributed by atoms with Crippen molar-refractivity contribution in [3.63, 3.8) is 0 Å². The fraction of sp³-hybridized carbons (Fsp3) is 0.929. The zero-order chi connectivity index (χ0) is 12.8. The van der Waals surface area contributed by atoms with Crippen LogP contribution in [0.25, 0.3) is 0 Å². The van der Waals surface area contributed by atoms with Gasteiger partial charge in [-0.05, 0) is 39.5 Å². The minimum absolute atomic E-state index is 0.0369. The molecule has 1 aliphatic rings. The van der Waals surface area contributed by atoms with Crippen LogP contribution in [0.3, 0.4) is 0 Å². The maximum atomic E-state index is 12.1. The van der Waals surface area contributed by atoms with Gasteiger partial charge >= 0.3 is 0 Å². The van der Waals surface area contributed by atoms with E-state index < -0.39 is 0 Å². The molecule has 0 aromatic rings. The lowest BCUT2D eigenvalue weighted by Gasteiger charge is -2.31. The fourth-order valence-corrected chi connectivity index (χ4v) is 2.82. The van der Waals surface area contributed by atoms with E-state index in [0.717, 1.165) is 19.0 Å².